The van der Waals surface area contributed by atoms with Crippen LogP contribution in [0.15, 0.2) is 34.2 Å². The van der Waals surface area contributed by atoms with Crippen LogP contribution in [0.25, 0.3) is 0 Å². The molecule has 1 saturated heterocycles. The number of rotatable bonds is 7. The molecule has 0 radical (unpaired) electrons. The summed E-state index contributed by atoms with van der Waals surface area (Å²) in [6.45, 7) is 12.1. The lowest BCUT2D eigenvalue weighted by Gasteiger charge is -2.45. The minimum atomic E-state index is -3.15. The Morgan fingerprint density at radius 2 is 1.73 bits per heavy atom. The summed E-state index contributed by atoms with van der Waals surface area (Å²) in [4.78, 5) is 7.13. The molecule has 1 aromatic carbocycles. The average molecular weight is 553 g/mol. The van der Waals surface area contributed by atoms with E-state index in [2.05, 4.69) is 48.2 Å². The van der Waals surface area contributed by atoms with Gasteiger partial charge < -0.3 is 15.4 Å². The summed E-state index contributed by atoms with van der Waals surface area (Å²) in [6.07, 6.45) is 2.49. The van der Waals surface area contributed by atoms with E-state index in [0.717, 1.165) is 37.6 Å². The van der Waals surface area contributed by atoms with Crippen LogP contribution in [0, 0.1) is 0 Å². The number of morpholine rings is 1. The topological polar surface area (TPSA) is 83.0 Å². The lowest BCUT2D eigenvalue weighted by molar-refractivity contribution is -0.0946. The molecule has 1 aliphatic heterocycles. The van der Waals surface area contributed by atoms with Crippen molar-refractivity contribution in [2.45, 2.75) is 56.8 Å². The average Bonchev–Trinajstić information content (AvgIpc) is 2.63. The molecule has 30 heavy (non-hydrogen) atoms. The van der Waals surface area contributed by atoms with E-state index < -0.39 is 9.84 Å². The minimum Gasteiger partial charge on any atom is -0.373 e. The Morgan fingerprint density at radius 1 is 1.17 bits per heavy atom. The van der Waals surface area contributed by atoms with E-state index in [4.69, 9.17) is 4.74 Å². The van der Waals surface area contributed by atoms with Crippen molar-refractivity contribution >= 4 is 39.8 Å². The van der Waals surface area contributed by atoms with Gasteiger partial charge in [-0.2, -0.15) is 0 Å². The van der Waals surface area contributed by atoms with Crippen LogP contribution in [0.2, 0.25) is 0 Å². The second-order valence-corrected chi connectivity index (χ2v) is 10.5. The number of halogens is 1. The van der Waals surface area contributed by atoms with Crippen LogP contribution < -0.4 is 10.6 Å². The molecule has 0 spiro atoms. The van der Waals surface area contributed by atoms with Crippen LogP contribution in [-0.2, 0) is 21.0 Å². The van der Waals surface area contributed by atoms with Crippen LogP contribution in [0.4, 0.5) is 0 Å². The van der Waals surface area contributed by atoms with E-state index in [1.165, 1.54) is 6.26 Å². The van der Waals surface area contributed by atoms with E-state index in [1.807, 2.05) is 12.1 Å². The zero-order valence-electron chi connectivity index (χ0n) is 18.9. The van der Waals surface area contributed by atoms with Crippen LogP contribution in [0.5, 0.6) is 0 Å². The van der Waals surface area contributed by atoms with Crippen molar-refractivity contribution < 1.29 is 13.2 Å². The third kappa shape index (κ3) is 8.32. The van der Waals surface area contributed by atoms with E-state index in [1.54, 1.807) is 19.2 Å². The second-order valence-electron chi connectivity index (χ2n) is 8.49. The highest BCUT2D eigenvalue weighted by Crippen LogP contribution is 2.20. The summed E-state index contributed by atoms with van der Waals surface area (Å²) in [5, 5.41) is 6.76. The van der Waals surface area contributed by atoms with E-state index in [0.29, 0.717) is 11.4 Å². The molecule has 2 rings (SSSR count). The number of ether oxygens (including phenoxy) is 1. The van der Waals surface area contributed by atoms with Crippen molar-refractivity contribution in [1.82, 2.24) is 15.5 Å². The Kier molecular flexibility index (Phi) is 10.5. The molecular weight excluding hydrogens is 515 g/mol. The molecule has 0 aliphatic carbocycles. The number of benzene rings is 1. The van der Waals surface area contributed by atoms with Gasteiger partial charge in [0, 0.05) is 45.0 Å². The fourth-order valence-corrected chi connectivity index (χ4v) is 4.16. The first kappa shape index (κ1) is 27.1. The number of hydrogen-bond donors (Lipinski definition) is 2. The van der Waals surface area contributed by atoms with Gasteiger partial charge in [0.2, 0.25) is 0 Å². The Bertz CT molecular complexity index is 787. The molecule has 1 heterocycles. The molecule has 1 fully saturated rings. The summed E-state index contributed by atoms with van der Waals surface area (Å²) in [5.41, 5.74) is 1.06. The van der Waals surface area contributed by atoms with Crippen LogP contribution in [0.1, 0.15) is 33.3 Å². The maximum absolute atomic E-state index is 11.5. The van der Waals surface area contributed by atoms with Crippen LogP contribution in [-0.4, -0.2) is 76.5 Å². The van der Waals surface area contributed by atoms with Crippen molar-refractivity contribution in [1.29, 1.82) is 0 Å². The maximum atomic E-state index is 11.5. The third-order valence-electron chi connectivity index (χ3n) is 5.25. The first-order valence-electron chi connectivity index (χ1n) is 10.2. The minimum absolute atomic E-state index is 0. The summed E-state index contributed by atoms with van der Waals surface area (Å²) < 4.78 is 28.9. The summed E-state index contributed by atoms with van der Waals surface area (Å²) >= 11 is 0. The fraction of sp³-hybridized carbons (Fsp3) is 0.667. The highest BCUT2D eigenvalue weighted by molar-refractivity contribution is 14.0. The molecular formula is C21H37IN4O3S. The predicted molar refractivity (Wildman–Crippen MR) is 134 cm³/mol. The number of nitrogens with one attached hydrogen (secondary N) is 2. The smallest absolute Gasteiger partial charge is 0.191 e. The molecule has 2 unspecified atom stereocenters. The maximum Gasteiger partial charge on any atom is 0.191 e. The zero-order valence-corrected chi connectivity index (χ0v) is 22.1. The lowest BCUT2D eigenvalue weighted by atomic mass is 10.00. The summed E-state index contributed by atoms with van der Waals surface area (Å²) in [6, 6.07) is 7.03. The molecule has 0 amide bonds. The fourth-order valence-electron chi connectivity index (χ4n) is 3.53. The quantitative estimate of drug-likeness (QED) is 0.307. The molecule has 172 valence electrons. The largest absolute Gasteiger partial charge is 0.373 e. The van der Waals surface area contributed by atoms with Crippen LogP contribution in [0.3, 0.4) is 0 Å². The Balaban J connectivity index is 0.00000450. The van der Waals surface area contributed by atoms with Crippen molar-refractivity contribution in [3.63, 3.8) is 0 Å². The predicted octanol–water partition coefficient (Wildman–Crippen LogP) is 2.30. The summed E-state index contributed by atoms with van der Waals surface area (Å²) in [7, 11) is -1.39. The van der Waals surface area contributed by atoms with Crippen molar-refractivity contribution in [3.8, 4) is 0 Å². The van der Waals surface area contributed by atoms with Crippen molar-refractivity contribution in [3.05, 3.63) is 29.8 Å². The number of hydrogen-bond acceptors (Lipinski definition) is 5. The number of guanidine groups is 1. The molecule has 1 aliphatic rings. The van der Waals surface area contributed by atoms with Crippen molar-refractivity contribution in [2.24, 2.45) is 4.99 Å². The molecule has 9 heteroatoms. The summed E-state index contributed by atoms with van der Waals surface area (Å²) in [5.74, 6) is 0.764. The second kappa shape index (κ2) is 11.6. The zero-order chi connectivity index (χ0) is 21.7. The van der Waals surface area contributed by atoms with Gasteiger partial charge in [-0.15, -0.1) is 24.0 Å². The van der Waals surface area contributed by atoms with Gasteiger partial charge in [-0.05, 0) is 51.8 Å². The van der Waals surface area contributed by atoms with Gasteiger partial charge in [0.15, 0.2) is 15.8 Å². The molecule has 0 saturated carbocycles. The van der Waals surface area contributed by atoms with Crippen molar-refractivity contribution in [2.75, 3.05) is 39.5 Å². The number of aliphatic imine (C=N–C) groups is 1. The Labute approximate surface area is 199 Å². The lowest BCUT2D eigenvalue weighted by Crippen LogP contribution is -2.59. The highest BCUT2D eigenvalue weighted by Gasteiger charge is 2.33. The van der Waals surface area contributed by atoms with Gasteiger partial charge in [0.05, 0.1) is 17.1 Å². The number of nitrogens with zero attached hydrogens (tertiary/aromatic N) is 2. The van der Waals surface area contributed by atoms with Crippen LogP contribution >= 0.6 is 24.0 Å². The molecule has 2 N–H and O–H groups in total. The SMILES string of the molecule is CN=C(NCCc1ccc(S(C)(=O)=O)cc1)NCC(C)(C)N1CC(C)OC(C)C1.I. The number of sulfone groups is 1. The monoisotopic (exact) mass is 552 g/mol. The van der Waals surface area contributed by atoms with Gasteiger partial charge >= 0.3 is 0 Å². The molecule has 2 atom stereocenters. The van der Waals surface area contributed by atoms with Gasteiger partial charge in [0.25, 0.3) is 0 Å². The van der Waals surface area contributed by atoms with Gasteiger partial charge in [-0.1, -0.05) is 12.1 Å². The van der Waals surface area contributed by atoms with E-state index >= 15 is 0 Å². The van der Waals surface area contributed by atoms with E-state index in [9.17, 15) is 8.42 Å². The molecule has 0 bridgehead atoms. The Hall–Kier alpha value is -0.910. The normalized spacial score (nSPS) is 21.1. The van der Waals surface area contributed by atoms with Gasteiger partial charge in [-0.25, -0.2) is 8.42 Å². The first-order valence-corrected chi connectivity index (χ1v) is 12.0. The van der Waals surface area contributed by atoms with Gasteiger partial charge in [0.1, 0.15) is 0 Å². The highest BCUT2D eigenvalue weighted by atomic mass is 127. The molecule has 1 aromatic rings. The molecule has 7 nitrogen and oxygen atoms in total. The molecule has 0 aromatic heterocycles. The standard InChI is InChI=1S/C21H36N4O3S.HI/c1-16-13-25(14-17(2)28-16)21(3,4)15-24-20(22-5)23-12-11-18-7-9-19(10-8-18)29(6,26)27;/h7-10,16-17H,11-15H2,1-6H3,(H2,22,23,24);1H. The van der Waals surface area contributed by atoms with E-state index in [-0.39, 0.29) is 41.7 Å². The third-order valence-corrected chi connectivity index (χ3v) is 6.37. The Morgan fingerprint density at radius 3 is 2.23 bits per heavy atom. The first-order chi connectivity index (χ1) is 13.5. The van der Waals surface area contributed by atoms with Gasteiger partial charge in [-0.3, -0.25) is 9.89 Å².